The second kappa shape index (κ2) is 8.29. The van der Waals surface area contributed by atoms with Gasteiger partial charge in [0, 0.05) is 17.8 Å². The van der Waals surface area contributed by atoms with Gasteiger partial charge in [0.05, 0.1) is 16.8 Å². The highest BCUT2D eigenvalue weighted by Crippen LogP contribution is 2.28. The van der Waals surface area contributed by atoms with Gasteiger partial charge in [-0.15, -0.1) is 22.7 Å². The van der Waals surface area contributed by atoms with Crippen LogP contribution in [-0.4, -0.2) is 30.5 Å². The van der Waals surface area contributed by atoms with Crippen molar-refractivity contribution >= 4 is 38.8 Å². The number of aromatic nitrogens is 1. The minimum atomic E-state index is 0.157. The molecular formula is C20H24N3OS2+. The molecular weight excluding hydrogens is 362 g/mol. The molecule has 2 atom stereocenters. The molecule has 2 N–H and O–H groups in total. The molecule has 1 aliphatic rings. The number of fused-ring (bicyclic) bond motifs is 1. The Morgan fingerprint density at radius 1 is 1.23 bits per heavy atom. The Morgan fingerprint density at radius 3 is 3.00 bits per heavy atom. The standard InChI is InChI=1S/C20H23N3OS2/c24-19(21-11-10-15-6-5-13-25-15)14-23-12-4-3-8-17(23)20-22-16-7-1-2-9-18(16)26-20/h1-2,5-7,9,13,17H,3-4,8,10-12,14H2,(H,21,24)/p+1/t17-/m1/s1. The van der Waals surface area contributed by atoms with Gasteiger partial charge in [0.15, 0.2) is 11.6 Å². The highest BCUT2D eigenvalue weighted by atomic mass is 32.1. The van der Waals surface area contributed by atoms with Crippen LogP contribution in [0.3, 0.4) is 0 Å². The number of para-hydroxylation sites is 1. The summed E-state index contributed by atoms with van der Waals surface area (Å²) in [5, 5.41) is 6.37. The molecule has 6 heteroatoms. The summed E-state index contributed by atoms with van der Waals surface area (Å²) < 4.78 is 1.24. The van der Waals surface area contributed by atoms with Gasteiger partial charge in [0.25, 0.3) is 5.91 Å². The minimum Gasteiger partial charge on any atom is -0.351 e. The topological polar surface area (TPSA) is 46.4 Å². The minimum absolute atomic E-state index is 0.157. The predicted molar refractivity (Wildman–Crippen MR) is 108 cm³/mol. The van der Waals surface area contributed by atoms with Crippen molar-refractivity contribution in [3.63, 3.8) is 0 Å². The number of hydrogen-bond acceptors (Lipinski definition) is 4. The van der Waals surface area contributed by atoms with Crippen LogP contribution in [0.15, 0.2) is 41.8 Å². The lowest BCUT2D eigenvalue weighted by atomic mass is 10.0. The molecule has 0 saturated carbocycles. The highest BCUT2D eigenvalue weighted by molar-refractivity contribution is 7.18. The van der Waals surface area contributed by atoms with Crippen molar-refractivity contribution in [2.75, 3.05) is 19.6 Å². The first kappa shape index (κ1) is 17.6. The molecule has 136 valence electrons. The molecule has 0 bridgehead atoms. The lowest BCUT2D eigenvalue weighted by molar-refractivity contribution is -0.929. The molecule has 0 aliphatic carbocycles. The summed E-state index contributed by atoms with van der Waals surface area (Å²) in [7, 11) is 0. The largest absolute Gasteiger partial charge is 0.351 e. The second-order valence-corrected chi connectivity index (χ2v) is 8.93. The number of nitrogens with zero attached hydrogens (tertiary/aromatic N) is 1. The number of piperidine rings is 1. The van der Waals surface area contributed by atoms with Crippen molar-refractivity contribution in [3.05, 3.63) is 51.7 Å². The van der Waals surface area contributed by atoms with Crippen molar-refractivity contribution in [3.8, 4) is 0 Å². The Bertz CT molecular complexity index is 826. The molecule has 3 heterocycles. The highest BCUT2D eigenvalue weighted by Gasteiger charge is 2.31. The lowest BCUT2D eigenvalue weighted by Crippen LogP contribution is -3.14. The SMILES string of the molecule is O=C(C[NH+]1CCCC[C@@H]1c1nc2ccccc2s1)NCCc1cccs1. The Balaban J connectivity index is 1.38. The van der Waals surface area contributed by atoms with E-state index in [0.29, 0.717) is 12.6 Å². The fourth-order valence-electron chi connectivity index (χ4n) is 3.68. The van der Waals surface area contributed by atoms with Gasteiger partial charge >= 0.3 is 0 Å². The zero-order chi connectivity index (χ0) is 17.8. The summed E-state index contributed by atoms with van der Waals surface area (Å²) in [5.41, 5.74) is 1.08. The molecule has 4 rings (SSSR count). The van der Waals surface area contributed by atoms with Crippen LogP contribution >= 0.6 is 22.7 Å². The van der Waals surface area contributed by atoms with Gasteiger partial charge in [0.2, 0.25) is 0 Å². The maximum absolute atomic E-state index is 12.4. The van der Waals surface area contributed by atoms with Crippen molar-refractivity contribution in [2.45, 2.75) is 31.7 Å². The van der Waals surface area contributed by atoms with Crippen LogP contribution in [0.5, 0.6) is 0 Å². The van der Waals surface area contributed by atoms with E-state index in [1.807, 2.05) is 6.07 Å². The predicted octanol–water partition coefficient (Wildman–Crippen LogP) is 2.83. The summed E-state index contributed by atoms with van der Waals surface area (Å²) in [6, 6.07) is 12.8. The van der Waals surface area contributed by atoms with E-state index in [1.54, 1.807) is 22.7 Å². The first-order valence-electron chi connectivity index (χ1n) is 9.29. The number of quaternary nitrogens is 1. The summed E-state index contributed by atoms with van der Waals surface area (Å²) in [5.74, 6) is 0.157. The molecule has 0 spiro atoms. The first-order valence-corrected chi connectivity index (χ1v) is 11.0. The first-order chi connectivity index (χ1) is 12.8. The maximum Gasteiger partial charge on any atom is 0.275 e. The van der Waals surface area contributed by atoms with Crippen LogP contribution in [-0.2, 0) is 11.2 Å². The number of amides is 1. The monoisotopic (exact) mass is 386 g/mol. The second-order valence-electron chi connectivity index (χ2n) is 6.83. The van der Waals surface area contributed by atoms with Crippen LogP contribution in [0.25, 0.3) is 10.2 Å². The Hall–Kier alpha value is -1.76. The van der Waals surface area contributed by atoms with Gasteiger partial charge in [-0.2, -0.15) is 0 Å². The molecule has 2 aromatic heterocycles. The third-order valence-electron chi connectivity index (χ3n) is 5.00. The summed E-state index contributed by atoms with van der Waals surface area (Å²) in [6.45, 7) is 2.32. The van der Waals surface area contributed by atoms with Gasteiger partial charge in [-0.1, -0.05) is 18.2 Å². The average Bonchev–Trinajstić information content (AvgIpc) is 3.31. The van der Waals surface area contributed by atoms with Crippen LogP contribution in [0.1, 0.15) is 35.2 Å². The number of thiazole rings is 1. The molecule has 3 aromatic rings. The molecule has 1 aliphatic heterocycles. The van der Waals surface area contributed by atoms with Crippen molar-refractivity contribution < 1.29 is 9.69 Å². The van der Waals surface area contributed by atoms with Crippen molar-refractivity contribution in [1.82, 2.24) is 10.3 Å². The molecule has 26 heavy (non-hydrogen) atoms. The average molecular weight is 387 g/mol. The van der Waals surface area contributed by atoms with Gasteiger partial charge < -0.3 is 10.2 Å². The molecule has 1 aromatic carbocycles. The molecule has 0 radical (unpaired) electrons. The van der Waals surface area contributed by atoms with E-state index < -0.39 is 0 Å². The zero-order valence-corrected chi connectivity index (χ0v) is 16.4. The maximum atomic E-state index is 12.4. The van der Waals surface area contributed by atoms with E-state index in [0.717, 1.165) is 31.4 Å². The number of rotatable bonds is 6. The zero-order valence-electron chi connectivity index (χ0n) is 14.7. The third-order valence-corrected chi connectivity index (χ3v) is 7.09. The molecule has 1 fully saturated rings. The van der Waals surface area contributed by atoms with Gasteiger partial charge in [0.1, 0.15) is 6.04 Å². The molecule has 1 amide bonds. The lowest BCUT2D eigenvalue weighted by Gasteiger charge is -2.30. The molecule has 1 unspecified atom stereocenters. The fraction of sp³-hybridized carbons (Fsp3) is 0.400. The van der Waals surface area contributed by atoms with Crippen LogP contribution < -0.4 is 10.2 Å². The van der Waals surface area contributed by atoms with Crippen LogP contribution in [0, 0.1) is 0 Å². The molecule has 1 saturated heterocycles. The Kier molecular flexibility index (Phi) is 5.62. The summed E-state index contributed by atoms with van der Waals surface area (Å²) in [6.07, 6.45) is 4.46. The number of carbonyl (C=O) groups excluding carboxylic acids is 1. The van der Waals surface area contributed by atoms with E-state index in [4.69, 9.17) is 4.98 Å². The van der Waals surface area contributed by atoms with Crippen LogP contribution in [0.4, 0.5) is 0 Å². The number of benzene rings is 1. The van der Waals surface area contributed by atoms with Crippen molar-refractivity contribution in [2.24, 2.45) is 0 Å². The Labute approximate surface area is 161 Å². The normalized spacial score (nSPS) is 20.3. The van der Waals surface area contributed by atoms with Gasteiger partial charge in [-0.25, -0.2) is 4.98 Å². The number of carbonyl (C=O) groups is 1. The van der Waals surface area contributed by atoms with Crippen molar-refractivity contribution in [1.29, 1.82) is 0 Å². The number of likely N-dealkylation sites (tertiary alicyclic amines) is 1. The van der Waals surface area contributed by atoms with E-state index in [1.165, 1.54) is 32.3 Å². The van der Waals surface area contributed by atoms with Gasteiger partial charge in [-0.3, -0.25) is 4.79 Å². The summed E-state index contributed by atoms with van der Waals surface area (Å²) in [4.78, 5) is 20.0. The van der Waals surface area contributed by atoms with E-state index >= 15 is 0 Å². The van der Waals surface area contributed by atoms with Gasteiger partial charge in [-0.05, 0) is 42.8 Å². The Morgan fingerprint density at radius 2 is 2.15 bits per heavy atom. The number of thiophene rings is 1. The number of hydrogen-bond donors (Lipinski definition) is 2. The third kappa shape index (κ3) is 4.14. The van der Waals surface area contributed by atoms with E-state index in [2.05, 4.69) is 41.0 Å². The quantitative estimate of drug-likeness (QED) is 0.684. The summed E-state index contributed by atoms with van der Waals surface area (Å²) >= 11 is 3.53. The fourth-order valence-corrected chi connectivity index (χ4v) is 5.55. The number of nitrogens with one attached hydrogen (secondary N) is 2. The van der Waals surface area contributed by atoms with E-state index in [9.17, 15) is 4.79 Å². The van der Waals surface area contributed by atoms with Crippen LogP contribution in [0.2, 0.25) is 0 Å². The smallest absolute Gasteiger partial charge is 0.275 e. The molecule has 4 nitrogen and oxygen atoms in total. The van der Waals surface area contributed by atoms with E-state index in [-0.39, 0.29) is 5.91 Å².